The molecule has 108 valence electrons. The monoisotopic (exact) mass is 274 g/mol. The lowest BCUT2D eigenvalue weighted by molar-refractivity contribution is -0.135. The smallest absolute Gasteiger partial charge is 0.230 e. The van der Waals surface area contributed by atoms with E-state index in [0.29, 0.717) is 18.7 Å². The molecule has 1 aromatic carbocycles. The Bertz CT molecular complexity index is 493. The number of ether oxygens (including phenoxy) is 1. The van der Waals surface area contributed by atoms with Gasteiger partial charge in [0.05, 0.1) is 12.5 Å². The van der Waals surface area contributed by atoms with Crippen molar-refractivity contribution in [2.75, 3.05) is 19.7 Å². The predicted octanol–water partition coefficient (Wildman–Crippen LogP) is 1.76. The molecule has 1 amide bonds. The maximum Gasteiger partial charge on any atom is 0.230 e. The van der Waals surface area contributed by atoms with Gasteiger partial charge in [0.1, 0.15) is 5.75 Å². The molecule has 1 aromatic rings. The second kappa shape index (κ2) is 5.44. The molecule has 0 spiro atoms. The minimum atomic E-state index is -0.0440. The summed E-state index contributed by atoms with van der Waals surface area (Å²) in [6, 6.07) is 8.64. The van der Waals surface area contributed by atoms with Gasteiger partial charge in [0.25, 0.3) is 0 Å². The molecule has 4 heteroatoms. The van der Waals surface area contributed by atoms with E-state index in [1.54, 1.807) is 0 Å². The van der Waals surface area contributed by atoms with Crippen LogP contribution < -0.4 is 10.1 Å². The Labute approximate surface area is 120 Å². The van der Waals surface area contributed by atoms with Crippen LogP contribution in [0.4, 0.5) is 0 Å². The molecular formula is C16H22N2O2. The highest BCUT2D eigenvalue weighted by molar-refractivity contribution is 5.85. The molecule has 0 radical (unpaired) electrons. The second-order valence-electron chi connectivity index (χ2n) is 5.94. The number of para-hydroxylation sites is 1. The molecule has 0 aromatic heterocycles. The van der Waals surface area contributed by atoms with Crippen LogP contribution in [0.5, 0.6) is 5.75 Å². The molecular weight excluding hydrogens is 252 g/mol. The Balaban J connectivity index is 1.81. The number of hydrogen-bond acceptors (Lipinski definition) is 3. The molecule has 0 bridgehead atoms. The fraction of sp³-hybridized carbons (Fsp3) is 0.562. The topological polar surface area (TPSA) is 41.6 Å². The highest BCUT2D eigenvalue weighted by Crippen LogP contribution is 2.34. The third-order valence-corrected chi connectivity index (χ3v) is 4.13. The quantitative estimate of drug-likeness (QED) is 0.848. The highest BCUT2D eigenvalue weighted by Gasteiger charge is 2.33. The summed E-state index contributed by atoms with van der Waals surface area (Å²) in [7, 11) is 0. The van der Waals surface area contributed by atoms with E-state index in [4.69, 9.17) is 4.74 Å². The van der Waals surface area contributed by atoms with E-state index >= 15 is 0 Å². The van der Waals surface area contributed by atoms with Crippen molar-refractivity contribution in [3.63, 3.8) is 0 Å². The molecule has 0 unspecified atom stereocenters. The van der Waals surface area contributed by atoms with Crippen LogP contribution in [0.1, 0.15) is 31.7 Å². The lowest BCUT2D eigenvalue weighted by atomic mass is 9.91. The number of hydrogen-bond donors (Lipinski definition) is 1. The molecule has 3 rings (SSSR count). The summed E-state index contributed by atoms with van der Waals surface area (Å²) in [4.78, 5) is 14.9. The maximum absolute atomic E-state index is 12.8. The largest absolute Gasteiger partial charge is 0.493 e. The third-order valence-electron chi connectivity index (χ3n) is 4.13. The number of nitrogens with zero attached hydrogens (tertiary/aromatic N) is 1. The number of carbonyl (C=O) groups excluding carboxylic acids is 1. The minimum absolute atomic E-state index is 0.0440. The number of nitrogens with one attached hydrogen (secondary N) is 1. The Morgan fingerprint density at radius 3 is 2.70 bits per heavy atom. The van der Waals surface area contributed by atoms with Crippen LogP contribution in [0.3, 0.4) is 0 Å². The van der Waals surface area contributed by atoms with Gasteiger partial charge in [-0.3, -0.25) is 4.79 Å². The van der Waals surface area contributed by atoms with E-state index < -0.39 is 0 Å². The molecule has 2 heterocycles. The van der Waals surface area contributed by atoms with Gasteiger partial charge in [0.2, 0.25) is 5.91 Å². The van der Waals surface area contributed by atoms with Crippen molar-refractivity contribution in [3.05, 3.63) is 29.8 Å². The Morgan fingerprint density at radius 1 is 1.25 bits per heavy atom. The first-order valence-electron chi connectivity index (χ1n) is 7.41. The van der Waals surface area contributed by atoms with E-state index in [9.17, 15) is 4.79 Å². The highest BCUT2D eigenvalue weighted by atomic mass is 16.5. The molecule has 1 N–H and O–H groups in total. The number of amides is 1. The van der Waals surface area contributed by atoms with E-state index in [0.717, 1.165) is 30.8 Å². The summed E-state index contributed by atoms with van der Waals surface area (Å²) in [5, 5.41) is 3.47. The normalized spacial score (nSPS) is 29.5. The SMILES string of the molecule is C[C@@H]1CN(C(=O)[C@H]2CCOc3ccccc32)C[C@H](C)N1. The van der Waals surface area contributed by atoms with Gasteiger partial charge in [-0.15, -0.1) is 0 Å². The Kier molecular flexibility index (Phi) is 3.66. The summed E-state index contributed by atoms with van der Waals surface area (Å²) in [6.07, 6.45) is 0.780. The van der Waals surface area contributed by atoms with Gasteiger partial charge in [0.15, 0.2) is 0 Å². The fourth-order valence-electron chi connectivity index (χ4n) is 3.33. The van der Waals surface area contributed by atoms with Crippen molar-refractivity contribution in [1.82, 2.24) is 10.2 Å². The third kappa shape index (κ3) is 2.52. The second-order valence-corrected chi connectivity index (χ2v) is 5.94. The van der Waals surface area contributed by atoms with E-state index in [1.165, 1.54) is 0 Å². The van der Waals surface area contributed by atoms with E-state index in [2.05, 4.69) is 19.2 Å². The van der Waals surface area contributed by atoms with Gasteiger partial charge >= 0.3 is 0 Å². The van der Waals surface area contributed by atoms with Crippen LogP contribution in [0, 0.1) is 0 Å². The fourth-order valence-corrected chi connectivity index (χ4v) is 3.33. The maximum atomic E-state index is 12.8. The molecule has 4 nitrogen and oxygen atoms in total. The van der Waals surface area contributed by atoms with Crippen LogP contribution in [-0.4, -0.2) is 42.6 Å². The summed E-state index contributed by atoms with van der Waals surface area (Å²) in [6.45, 7) is 6.48. The molecule has 3 atom stereocenters. The zero-order valence-corrected chi connectivity index (χ0v) is 12.1. The molecule has 2 aliphatic heterocycles. The summed E-state index contributed by atoms with van der Waals surface area (Å²) in [5.41, 5.74) is 1.04. The summed E-state index contributed by atoms with van der Waals surface area (Å²) >= 11 is 0. The predicted molar refractivity (Wildman–Crippen MR) is 77.9 cm³/mol. The first kappa shape index (κ1) is 13.4. The average Bonchev–Trinajstić information content (AvgIpc) is 2.45. The van der Waals surface area contributed by atoms with Crippen LogP contribution in [-0.2, 0) is 4.79 Å². The number of benzene rings is 1. The average molecular weight is 274 g/mol. The van der Waals surface area contributed by atoms with Gasteiger partial charge in [-0.05, 0) is 26.3 Å². The van der Waals surface area contributed by atoms with Crippen molar-refractivity contribution in [2.45, 2.75) is 38.3 Å². The van der Waals surface area contributed by atoms with Crippen LogP contribution in [0.15, 0.2) is 24.3 Å². The van der Waals surface area contributed by atoms with Gasteiger partial charge < -0.3 is 15.0 Å². The minimum Gasteiger partial charge on any atom is -0.493 e. The van der Waals surface area contributed by atoms with Gasteiger partial charge in [-0.25, -0.2) is 0 Å². The number of fused-ring (bicyclic) bond motifs is 1. The molecule has 1 fully saturated rings. The van der Waals surface area contributed by atoms with E-state index in [1.807, 2.05) is 29.2 Å². The zero-order valence-electron chi connectivity index (χ0n) is 12.1. The molecule has 0 saturated carbocycles. The summed E-state index contributed by atoms with van der Waals surface area (Å²) in [5.74, 6) is 1.08. The summed E-state index contributed by atoms with van der Waals surface area (Å²) < 4.78 is 5.65. The van der Waals surface area contributed by atoms with Crippen molar-refractivity contribution in [3.8, 4) is 5.75 Å². The number of rotatable bonds is 1. The zero-order chi connectivity index (χ0) is 14.1. The number of carbonyl (C=O) groups is 1. The lowest BCUT2D eigenvalue weighted by Gasteiger charge is -2.38. The van der Waals surface area contributed by atoms with Gasteiger partial charge in [-0.2, -0.15) is 0 Å². The Hall–Kier alpha value is -1.55. The van der Waals surface area contributed by atoms with Gasteiger partial charge in [0, 0.05) is 30.7 Å². The molecule has 2 aliphatic rings. The number of piperazine rings is 1. The molecule has 0 aliphatic carbocycles. The van der Waals surface area contributed by atoms with Crippen LogP contribution in [0.25, 0.3) is 0 Å². The van der Waals surface area contributed by atoms with Crippen molar-refractivity contribution in [2.24, 2.45) is 0 Å². The van der Waals surface area contributed by atoms with Crippen LogP contribution in [0.2, 0.25) is 0 Å². The first-order valence-corrected chi connectivity index (χ1v) is 7.41. The first-order chi connectivity index (χ1) is 9.65. The lowest BCUT2D eigenvalue weighted by Crippen LogP contribution is -2.56. The Morgan fingerprint density at radius 2 is 1.95 bits per heavy atom. The molecule has 1 saturated heterocycles. The van der Waals surface area contributed by atoms with Crippen LogP contribution >= 0.6 is 0 Å². The van der Waals surface area contributed by atoms with Gasteiger partial charge in [-0.1, -0.05) is 18.2 Å². The van der Waals surface area contributed by atoms with Crippen molar-refractivity contribution < 1.29 is 9.53 Å². The van der Waals surface area contributed by atoms with Crippen molar-refractivity contribution >= 4 is 5.91 Å². The van der Waals surface area contributed by atoms with E-state index in [-0.39, 0.29) is 11.8 Å². The standard InChI is InChI=1S/C16H22N2O2/c1-11-9-18(10-12(2)17-11)16(19)14-7-8-20-15-6-4-3-5-13(14)15/h3-6,11-12,14,17H,7-10H2,1-2H3/t11-,12+,14-/m0/s1. The molecule has 20 heavy (non-hydrogen) atoms. The van der Waals surface area contributed by atoms with Crippen molar-refractivity contribution in [1.29, 1.82) is 0 Å².